The van der Waals surface area contributed by atoms with E-state index >= 15 is 0 Å². The first kappa shape index (κ1) is 14.5. The van der Waals surface area contributed by atoms with Crippen LogP contribution in [-0.4, -0.2) is 43.5 Å². The van der Waals surface area contributed by atoms with Crippen molar-refractivity contribution in [1.29, 1.82) is 0 Å². The van der Waals surface area contributed by atoms with E-state index < -0.39 is 0 Å². The Morgan fingerprint density at radius 3 is 2.47 bits per heavy atom. The van der Waals surface area contributed by atoms with E-state index in [0.717, 1.165) is 47.5 Å². The van der Waals surface area contributed by atoms with Crippen LogP contribution in [0.4, 0.5) is 5.69 Å². The molecule has 2 N–H and O–H groups in total. The molecule has 1 saturated heterocycles. The number of aryl methyl sites for hydroxylation is 2. The minimum atomic E-state index is 0.0652. The van der Waals surface area contributed by atoms with Crippen molar-refractivity contribution in [2.24, 2.45) is 0 Å². The van der Waals surface area contributed by atoms with Gasteiger partial charge < -0.3 is 10.6 Å². The van der Waals surface area contributed by atoms with Crippen molar-refractivity contribution in [2.45, 2.75) is 13.8 Å². The number of carbonyl (C=O) groups excluding carboxylic acids is 1. The van der Waals surface area contributed by atoms with Gasteiger partial charge in [0, 0.05) is 36.3 Å². The van der Waals surface area contributed by atoms with Crippen molar-refractivity contribution >= 4 is 27.5 Å². The number of benzene rings is 1. The predicted octanol–water partition coefficient (Wildman–Crippen LogP) is 1.91. The first-order valence-electron chi connectivity index (χ1n) is 6.56. The summed E-state index contributed by atoms with van der Waals surface area (Å²) in [7, 11) is 0. The van der Waals surface area contributed by atoms with Gasteiger partial charge in [-0.1, -0.05) is 15.9 Å². The zero-order valence-corrected chi connectivity index (χ0v) is 13.0. The van der Waals surface area contributed by atoms with Gasteiger partial charge >= 0.3 is 0 Å². The maximum Gasteiger partial charge on any atom is 0.238 e. The van der Waals surface area contributed by atoms with Crippen LogP contribution in [0, 0.1) is 13.8 Å². The number of anilines is 1. The minimum absolute atomic E-state index is 0.0652. The van der Waals surface area contributed by atoms with Crippen LogP contribution in [0.25, 0.3) is 0 Å². The van der Waals surface area contributed by atoms with Crippen molar-refractivity contribution in [2.75, 3.05) is 38.0 Å². The van der Waals surface area contributed by atoms with E-state index in [1.807, 2.05) is 26.0 Å². The number of carbonyl (C=O) groups is 1. The van der Waals surface area contributed by atoms with E-state index in [9.17, 15) is 4.79 Å². The Morgan fingerprint density at radius 2 is 1.89 bits per heavy atom. The lowest BCUT2D eigenvalue weighted by Gasteiger charge is -2.26. The molecule has 1 aliphatic heterocycles. The summed E-state index contributed by atoms with van der Waals surface area (Å²) >= 11 is 3.47. The topological polar surface area (TPSA) is 44.4 Å². The molecule has 1 aliphatic rings. The Bertz CT molecular complexity index is 447. The lowest BCUT2D eigenvalue weighted by Crippen LogP contribution is -2.46. The fourth-order valence-electron chi connectivity index (χ4n) is 2.36. The molecule has 1 amide bonds. The third-order valence-electron chi connectivity index (χ3n) is 3.34. The second-order valence-electron chi connectivity index (χ2n) is 4.99. The summed E-state index contributed by atoms with van der Waals surface area (Å²) in [5.41, 5.74) is 3.10. The molecule has 0 unspecified atom stereocenters. The van der Waals surface area contributed by atoms with Gasteiger partial charge in [-0.05, 0) is 37.1 Å². The molecule has 0 aromatic heterocycles. The number of rotatable bonds is 3. The van der Waals surface area contributed by atoms with Crippen LogP contribution in [0.15, 0.2) is 16.6 Å². The van der Waals surface area contributed by atoms with Crippen LogP contribution in [0.2, 0.25) is 0 Å². The van der Waals surface area contributed by atoms with Crippen LogP contribution in [0.5, 0.6) is 0 Å². The van der Waals surface area contributed by atoms with Gasteiger partial charge in [-0.25, -0.2) is 0 Å². The summed E-state index contributed by atoms with van der Waals surface area (Å²) in [6, 6.07) is 4.04. The molecule has 2 rings (SSSR count). The monoisotopic (exact) mass is 325 g/mol. The van der Waals surface area contributed by atoms with Crippen LogP contribution < -0.4 is 10.6 Å². The highest BCUT2D eigenvalue weighted by Crippen LogP contribution is 2.25. The van der Waals surface area contributed by atoms with Gasteiger partial charge in [0.05, 0.1) is 6.54 Å². The van der Waals surface area contributed by atoms with Gasteiger partial charge in [-0.2, -0.15) is 0 Å². The highest BCUT2D eigenvalue weighted by molar-refractivity contribution is 9.10. The Kier molecular flexibility index (Phi) is 4.96. The smallest absolute Gasteiger partial charge is 0.238 e. The van der Waals surface area contributed by atoms with Gasteiger partial charge in [0.15, 0.2) is 0 Å². The fourth-order valence-corrected chi connectivity index (χ4v) is 3.05. The SMILES string of the molecule is Cc1cc(Br)cc(C)c1NC(=O)CN1CCNCC1. The fraction of sp³-hybridized carbons (Fsp3) is 0.500. The summed E-state index contributed by atoms with van der Waals surface area (Å²) in [6.45, 7) is 8.29. The number of nitrogens with zero attached hydrogens (tertiary/aromatic N) is 1. The Balaban J connectivity index is 1.98. The normalized spacial score (nSPS) is 16.4. The largest absolute Gasteiger partial charge is 0.324 e. The van der Waals surface area contributed by atoms with E-state index in [1.54, 1.807) is 0 Å². The molecule has 0 bridgehead atoms. The summed E-state index contributed by atoms with van der Waals surface area (Å²) < 4.78 is 1.04. The van der Waals surface area contributed by atoms with Gasteiger partial charge in [0.1, 0.15) is 0 Å². The van der Waals surface area contributed by atoms with Gasteiger partial charge in [0.2, 0.25) is 5.91 Å². The Hall–Kier alpha value is -0.910. The summed E-state index contributed by atoms with van der Waals surface area (Å²) in [5, 5.41) is 6.31. The van der Waals surface area contributed by atoms with Crippen molar-refractivity contribution in [3.05, 3.63) is 27.7 Å². The number of amides is 1. The van der Waals surface area contributed by atoms with Crippen LogP contribution in [0.1, 0.15) is 11.1 Å². The molecule has 0 saturated carbocycles. The zero-order chi connectivity index (χ0) is 13.8. The number of nitrogens with one attached hydrogen (secondary N) is 2. The average molecular weight is 326 g/mol. The van der Waals surface area contributed by atoms with E-state index in [1.165, 1.54) is 0 Å². The third kappa shape index (κ3) is 4.03. The second kappa shape index (κ2) is 6.50. The molecule has 19 heavy (non-hydrogen) atoms. The van der Waals surface area contributed by atoms with E-state index in [2.05, 4.69) is 31.5 Å². The second-order valence-corrected chi connectivity index (χ2v) is 5.90. The van der Waals surface area contributed by atoms with Gasteiger partial charge in [0.25, 0.3) is 0 Å². The number of hydrogen-bond acceptors (Lipinski definition) is 3. The van der Waals surface area contributed by atoms with Crippen molar-refractivity contribution < 1.29 is 4.79 Å². The number of hydrogen-bond donors (Lipinski definition) is 2. The maximum absolute atomic E-state index is 12.1. The van der Waals surface area contributed by atoms with E-state index in [4.69, 9.17) is 0 Å². The highest BCUT2D eigenvalue weighted by atomic mass is 79.9. The van der Waals surface area contributed by atoms with Crippen molar-refractivity contribution in [3.63, 3.8) is 0 Å². The molecular weight excluding hydrogens is 306 g/mol. The molecule has 5 heteroatoms. The maximum atomic E-state index is 12.1. The minimum Gasteiger partial charge on any atom is -0.324 e. The number of halogens is 1. The van der Waals surface area contributed by atoms with E-state index in [-0.39, 0.29) is 5.91 Å². The van der Waals surface area contributed by atoms with Gasteiger partial charge in [-0.15, -0.1) is 0 Å². The highest BCUT2D eigenvalue weighted by Gasteiger charge is 2.15. The van der Waals surface area contributed by atoms with Crippen LogP contribution >= 0.6 is 15.9 Å². The van der Waals surface area contributed by atoms with Crippen molar-refractivity contribution in [3.8, 4) is 0 Å². The molecular formula is C14H20BrN3O. The Morgan fingerprint density at radius 1 is 1.32 bits per heavy atom. The third-order valence-corrected chi connectivity index (χ3v) is 3.80. The lowest BCUT2D eigenvalue weighted by atomic mass is 10.1. The molecule has 104 valence electrons. The molecule has 0 radical (unpaired) electrons. The molecule has 0 spiro atoms. The zero-order valence-electron chi connectivity index (χ0n) is 11.4. The summed E-state index contributed by atoms with van der Waals surface area (Å²) in [4.78, 5) is 14.3. The molecule has 1 aromatic carbocycles. The van der Waals surface area contributed by atoms with E-state index in [0.29, 0.717) is 6.54 Å². The lowest BCUT2D eigenvalue weighted by molar-refractivity contribution is -0.117. The first-order valence-corrected chi connectivity index (χ1v) is 7.35. The Labute approximate surface area is 122 Å². The van der Waals surface area contributed by atoms with Crippen molar-refractivity contribution in [1.82, 2.24) is 10.2 Å². The first-order chi connectivity index (χ1) is 9.06. The van der Waals surface area contributed by atoms with Crippen LogP contribution in [-0.2, 0) is 4.79 Å². The quantitative estimate of drug-likeness (QED) is 0.892. The number of piperazine rings is 1. The predicted molar refractivity (Wildman–Crippen MR) is 81.6 cm³/mol. The molecule has 4 nitrogen and oxygen atoms in total. The standard InChI is InChI=1S/C14H20BrN3O/c1-10-7-12(15)8-11(2)14(10)17-13(19)9-18-5-3-16-4-6-18/h7-8,16H,3-6,9H2,1-2H3,(H,17,19). The van der Waals surface area contributed by atoms with Crippen LogP contribution in [0.3, 0.4) is 0 Å². The molecule has 1 aromatic rings. The summed E-state index contributed by atoms with van der Waals surface area (Å²) in [5.74, 6) is 0.0652. The molecule has 0 aliphatic carbocycles. The molecule has 1 heterocycles. The molecule has 0 atom stereocenters. The summed E-state index contributed by atoms with van der Waals surface area (Å²) in [6.07, 6.45) is 0. The average Bonchev–Trinajstić information content (AvgIpc) is 2.35. The molecule has 1 fully saturated rings. The van der Waals surface area contributed by atoms with Gasteiger partial charge in [-0.3, -0.25) is 9.69 Å².